The zero-order valence-electron chi connectivity index (χ0n) is 19.3. The highest BCUT2D eigenvalue weighted by Gasteiger charge is 2.25. The van der Waals surface area contributed by atoms with E-state index in [9.17, 15) is 13.2 Å². The molecule has 174 valence electrons. The van der Waals surface area contributed by atoms with E-state index in [-0.39, 0.29) is 28.2 Å². The molecule has 0 aliphatic rings. The average Bonchev–Trinajstić information content (AvgIpc) is 2.79. The molecule has 0 radical (unpaired) electrons. The third-order valence-electron chi connectivity index (χ3n) is 5.10. The van der Waals surface area contributed by atoms with E-state index in [1.165, 1.54) is 19.2 Å². The van der Waals surface area contributed by atoms with Crippen LogP contribution in [0.3, 0.4) is 0 Å². The fraction of sp³-hybridized carbons (Fsp3) is 0.280. The maximum absolute atomic E-state index is 13.6. The van der Waals surface area contributed by atoms with Crippen molar-refractivity contribution in [3.63, 3.8) is 0 Å². The SMILES string of the molecule is COc1ccc(C(=O)N(Cc2cccnc2)Cc2ccccc2C)cc1S(=O)(=O)NC(C)C. The predicted octanol–water partition coefficient (Wildman–Crippen LogP) is 3.93. The second-order valence-corrected chi connectivity index (χ2v) is 9.77. The second-order valence-electron chi connectivity index (χ2n) is 8.09. The number of carbonyl (C=O) groups excluding carboxylic acids is 1. The van der Waals surface area contributed by atoms with Gasteiger partial charge in [-0.15, -0.1) is 0 Å². The number of pyridine rings is 1. The second kappa shape index (κ2) is 10.6. The summed E-state index contributed by atoms with van der Waals surface area (Å²) >= 11 is 0. The van der Waals surface area contributed by atoms with Crippen molar-refractivity contribution in [1.29, 1.82) is 0 Å². The van der Waals surface area contributed by atoms with Crippen LogP contribution in [0.5, 0.6) is 5.75 Å². The number of hydrogen-bond acceptors (Lipinski definition) is 5. The van der Waals surface area contributed by atoms with Crippen LogP contribution in [-0.2, 0) is 23.1 Å². The lowest BCUT2D eigenvalue weighted by molar-refractivity contribution is 0.0729. The van der Waals surface area contributed by atoms with E-state index >= 15 is 0 Å². The van der Waals surface area contributed by atoms with Crippen LogP contribution in [0.15, 0.2) is 71.9 Å². The van der Waals surface area contributed by atoms with Gasteiger partial charge in [-0.1, -0.05) is 30.3 Å². The van der Waals surface area contributed by atoms with Crippen LogP contribution in [0, 0.1) is 6.92 Å². The lowest BCUT2D eigenvalue weighted by Crippen LogP contribution is -2.32. The molecule has 0 bridgehead atoms. The van der Waals surface area contributed by atoms with Crippen LogP contribution in [0.2, 0.25) is 0 Å². The first-order valence-corrected chi connectivity index (χ1v) is 12.1. The summed E-state index contributed by atoms with van der Waals surface area (Å²) in [6.07, 6.45) is 3.40. The summed E-state index contributed by atoms with van der Waals surface area (Å²) in [5, 5.41) is 0. The number of hydrogen-bond donors (Lipinski definition) is 1. The van der Waals surface area contributed by atoms with Crippen molar-refractivity contribution in [3.8, 4) is 5.75 Å². The van der Waals surface area contributed by atoms with Crippen LogP contribution in [-0.4, -0.2) is 37.4 Å². The van der Waals surface area contributed by atoms with Crippen LogP contribution >= 0.6 is 0 Å². The molecule has 0 fully saturated rings. The number of ether oxygens (including phenoxy) is 1. The van der Waals surface area contributed by atoms with Gasteiger partial charge in [0.2, 0.25) is 10.0 Å². The van der Waals surface area contributed by atoms with Crippen molar-refractivity contribution < 1.29 is 17.9 Å². The lowest BCUT2D eigenvalue weighted by atomic mass is 10.1. The topological polar surface area (TPSA) is 88.6 Å². The molecule has 0 saturated carbocycles. The van der Waals surface area contributed by atoms with Gasteiger partial charge in [0.15, 0.2) is 0 Å². The molecule has 3 rings (SSSR count). The highest BCUT2D eigenvalue weighted by atomic mass is 32.2. The van der Waals surface area contributed by atoms with Gasteiger partial charge in [-0.3, -0.25) is 9.78 Å². The molecule has 0 saturated heterocycles. The molecule has 3 aromatic rings. The van der Waals surface area contributed by atoms with Gasteiger partial charge in [0.1, 0.15) is 10.6 Å². The van der Waals surface area contributed by atoms with Gasteiger partial charge < -0.3 is 9.64 Å². The number of amides is 1. The quantitative estimate of drug-likeness (QED) is 0.515. The maximum atomic E-state index is 13.6. The number of rotatable bonds is 9. The highest BCUT2D eigenvalue weighted by molar-refractivity contribution is 7.89. The van der Waals surface area contributed by atoms with Gasteiger partial charge in [0, 0.05) is 37.1 Å². The summed E-state index contributed by atoms with van der Waals surface area (Å²) in [6.45, 7) is 6.17. The molecule has 1 amide bonds. The van der Waals surface area contributed by atoms with Gasteiger partial charge in [-0.05, 0) is 61.7 Å². The van der Waals surface area contributed by atoms with Crippen molar-refractivity contribution in [3.05, 3.63) is 89.2 Å². The maximum Gasteiger partial charge on any atom is 0.254 e. The van der Waals surface area contributed by atoms with E-state index in [1.54, 1.807) is 37.2 Å². The van der Waals surface area contributed by atoms with Gasteiger partial charge in [-0.25, -0.2) is 13.1 Å². The van der Waals surface area contributed by atoms with E-state index in [1.807, 2.05) is 43.3 Å². The highest BCUT2D eigenvalue weighted by Crippen LogP contribution is 2.26. The van der Waals surface area contributed by atoms with Gasteiger partial charge >= 0.3 is 0 Å². The number of nitrogens with zero attached hydrogens (tertiary/aromatic N) is 2. The summed E-state index contributed by atoms with van der Waals surface area (Å²) in [5.74, 6) is -0.108. The molecule has 1 heterocycles. The standard InChI is InChI=1S/C25H29N3O4S/c1-18(2)27-33(30,31)24-14-21(11-12-23(24)32-4)25(29)28(16-20-9-7-13-26-15-20)17-22-10-6-5-8-19(22)3/h5-15,18,27H,16-17H2,1-4H3. The smallest absolute Gasteiger partial charge is 0.254 e. The summed E-state index contributed by atoms with van der Waals surface area (Å²) in [7, 11) is -2.46. The Balaban J connectivity index is 2.01. The Kier molecular flexibility index (Phi) is 7.84. The molecule has 1 aromatic heterocycles. The molecular weight excluding hydrogens is 438 g/mol. The van der Waals surface area contributed by atoms with Crippen molar-refractivity contribution in [2.24, 2.45) is 0 Å². The monoisotopic (exact) mass is 467 g/mol. The molecule has 0 spiro atoms. The number of carbonyl (C=O) groups is 1. The minimum atomic E-state index is -3.86. The summed E-state index contributed by atoms with van der Waals surface area (Å²) < 4.78 is 33.6. The molecular formula is C25H29N3O4S. The number of sulfonamides is 1. The van der Waals surface area contributed by atoms with E-state index < -0.39 is 10.0 Å². The molecule has 1 N–H and O–H groups in total. The first kappa shape index (κ1) is 24.4. The Labute approximate surface area is 195 Å². The normalized spacial score (nSPS) is 11.4. The fourth-order valence-corrected chi connectivity index (χ4v) is 4.93. The fourth-order valence-electron chi connectivity index (χ4n) is 3.48. The summed E-state index contributed by atoms with van der Waals surface area (Å²) in [6, 6.07) is 15.8. The molecule has 0 aliphatic heterocycles. The molecule has 0 unspecified atom stereocenters. The minimum absolute atomic E-state index is 0.0678. The first-order valence-electron chi connectivity index (χ1n) is 10.6. The number of aromatic nitrogens is 1. The number of aryl methyl sites for hydroxylation is 1. The molecule has 33 heavy (non-hydrogen) atoms. The summed E-state index contributed by atoms with van der Waals surface area (Å²) in [4.78, 5) is 19.4. The van der Waals surface area contributed by atoms with E-state index in [4.69, 9.17) is 4.74 Å². The van der Waals surface area contributed by atoms with Crippen molar-refractivity contribution >= 4 is 15.9 Å². The first-order chi connectivity index (χ1) is 15.7. The Morgan fingerprint density at radius 3 is 2.48 bits per heavy atom. The van der Waals surface area contributed by atoms with E-state index in [0.717, 1.165) is 16.7 Å². The Morgan fingerprint density at radius 1 is 1.09 bits per heavy atom. The Bertz CT molecular complexity index is 1210. The summed E-state index contributed by atoms with van der Waals surface area (Å²) in [5.41, 5.74) is 3.22. The minimum Gasteiger partial charge on any atom is -0.495 e. The number of benzene rings is 2. The van der Waals surface area contributed by atoms with Crippen molar-refractivity contribution in [1.82, 2.24) is 14.6 Å². The molecule has 8 heteroatoms. The molecule has 2 aromatic carbocycles. The third kappa shape index (κ3) is 6.18. The Morgan fingerprint density at radius 2 is 1.85 bits per heavy atom. The molecule has 7 nitrogen and oxygen atoms in total. The lowest BCUT2D eigenvalue weighted by Gasteiger charge is -2.24. The van der Waals surface area contributed by atoms with Crippen LogP contribution in [0.25, 0.3) is 0 Å². The predicted molar refractivity (Wildman–Crippen MR) is 127 cm³/mol. The zero-order chi connectivity index (χ0) is 24.0. The van der Waals surface area contributed by atoms with E-state index in [2.05, 4.69) is 9.71 Å². The van der Waals surface area contributed by atoms with Crippen LogP contribution < -0.4 is 9.46 Å². The van der Waals surface area contributed by atoms with Crippen LogP contribution in [0.4, 0.5) is 0 Å². The number of methoxy groups -OCH3 is 1. The van der Waals surface area contributed by atoms with Crippen molar-refractivity contribution in [2.45, 2.75) is 44.8 Å². The van der Waals surface area contributed by atoms with Crippen molar-refractivity contribution in [2.75, 3.05) is 7.11 Å². The van der Waals surface area contributed by atoms with E-state index in [0.29, 0.717) is 13.1 Å². The molecule has 0 aliphatic carbocycles. The number of nitrogens with one attached hydrogen (secondary N) is 1. The Hall–Kier alpha value is -3.23. The third-order valence-corrected chi connectivity index (χ3v) is 6.78. The van der Waals surface area contributed by atoms with Gasteiger partial charge in [0.05, 0.1) is 7.11 Å². The van der Waals surface area contributed by atoms with Gasteiger partial charge in [0.25, 0.3) is 5.91 Å². The largest absolute Gasteiger partial charge is 0.495 e. The molecule has 0 atom stereocenters. The van der Waals surface area contributed by atoms with Gasteiger partial charge in [-0.2, -0.15) is 0 Å². The zero-order valence-corrected chi connectivity index (χ0v) is 20.1. The average molecular weight is 468 g/mol. The van der Waals surface area contributed by atoms with Crippen LogP contribution in [0.1, 0.15) is 40.9 Å².